The van der Waals surface area contributed by atoms with Crippen LogP contribution in [0, 0.1) is 11.8 Å². The summed E-state index contributed by atoms with van der Waals surface area (Å²) < 4.78 is 8.10. The molecular weight excluding hydrogens is 566 g/mol. The summed E-state index contributed by atoms with van der Waals surface area (Å²) in [6, 6.07) is 27.0. The number of nitrogens with one attached hydrogen (secondary N) is 1. The molecule has 2 bridgehead atoms. The number of likely N-dealkylation sites (tertiary alicyclic amines) is 1. The highest BCUT2D eigenvalue weighted by Crippen LogP contribution is 2.45. The Kier molecular flexibility index (Phi) is 6.94. The normalized spacial score (nSPS) is 23.5. The summed E-state index contributed by atoms with van der Waals surface area (Å²) in [5, 5.41) is 0. The number of H-pyrrole nitrogens is 1. The number of aromatic nitrogens is 3. The van der Waals surface area contributed by atoms with Crippen molar-refractivity contribution in [1.82, 2.24) is 24.3 Å². The van der Waals surface area contributed by atoms with Gasteiger partial charge in [0.1, 0.15) is 5.82 Å². The number of para-hydroxylation sites is 3. The monoisotopic (exact) mass is 605 g/mol. The third-order valence-electron chi connectivity index (χ3n) is 10.9. The predicted octanol–water partition coefficient (Wildman–Crippen LogP) is 7.58. The van der Waals surface area contributed by atoms with Crippen molar-refractivity contribution < 1.29 is 9.21 Å². The van der Waals surface area contributed by atoms with Crippen molar-refractivity contribution >= 4 is 40.3 Å². The molecule has 7 nitrogen and oxygen atoms in total. The van der Waals surface area contributed by atoms with Gasteiger partial charge in [0.05, 0.1) is 22.1 Å². The van der Waals surface area contributed by atoms with E-state index >= 15 is 0 Å². The first kappa shape index (κ1) is 27.8. The van der Waals surface area contributed by atoms with Crippen molar-refractivity contribution in [2.75, 3.05) is 19.6 Å². The van der Waals surface area contributed by atoms with Gasteiger partial charge in [-0.05, 0) is 106 Å². The molecule has 3 aromatic carbocycles. The molecule has 5 heterocycles. The Labute approximate surface area is 262 Å². The molecular formula is C36H39N5O2S. The minimum absolute atomic E-state index is 0.0479. The highest BCUT2D eigenvalue weighted by molar-refractivity contribution is 7.71. The van der Waals surface area contributed by atoms with E-state index in [-0.39, 0.29) is 11.3 Å². The fourth-order valence-corrected chi connectivity index (χ4v) is 8.92. The highest BCUT2D eigenvalue weighted by Gasteiger charge is 2.44. The van der Waals surface area contributed by atoms with E-state index in [4.69, 9.17) is 21.6 Å². The number of carbonyl (C=O) groups excluding carboxylic acids is 1. The van der Waals surface area contributed by atoms with Crippen molar-refractivity contribution in [2.45, 2.75) is 75.4 Å². The molecule has 3 fully saturated rings. The van der Waals surface area contributed by atoms with E-state index in [9.17, 15) is 4.79 Å². The first-order valence-corrected chi connectivity index (χ1v) is 16.6. The number of aryl methyl sites for hydroxylation is 1. The van der Waals surface area contributed by atoms with Gasteiger partial charge in [0.2, 0.25) is 0 Å². The molecule has 0 spiro atoms. The summed E-state index contributed by atoms with van der Waals surface area (Å²) in [5.74, 6) is 1.19. The van der Waals surface area contributed by atoms with Crippen LogP contribution in [-0.4, -0.2) is 62.0 Å². The van der Waals surface area contributed by atoms with Crippen LogP contribution in [0.2, 0.25) is 0 Å². The summed E-state index contributed by atoms with van der Waals surface area (Å²) in [6.45, 7) is 4.76. The molecule has 44 heavy (non-hydrogen) atoms. The number of piperidine rings is 2. The van der Waals surface area contributed by atoms with Gasteiger partial charge in [-0.3, -0.25) is 9.69 Å². The molecule has 0 saturated carbocycles. The zero-order valence-electron chi connectivity index (χ0n) is 25.2. The van der Waals surface area contributed by atoms with Crippen molar-refractivity contribution in [1.29, 1.82) is 0 Å². The number of benzene rings is 3. The van der Waals surface area contributed by atoms with Crippen LogP contribution in [0.1, 0.15) is 72.7 Å². The zero-order valence-corrected chi connectivity index (χ0v) is 26.1. The Morgan fingerprint density at radius 2 is 1.68 bits per heavy atom. The Bertz CT molecular complexity index is 1870. The van der Waals surface area contributed by atoms with Crippen LogP contribution >= 0.6 is 12.2 Å². The Morgan fingerprint density at radius 3 is 2.45 bits per heavy atom. The van der Waals surface area contributed by atoms with E-state index < -0.39 is 0 Å². The summed E-state index contributed by atoms with van der Waals surface area (Å²) >= 11 is 5.20. The van der Waals surface area contributed by atoms with E-state index in [0.29, 0.717) is 39.6 Å². The second-order valence-corrected chi connectivity index (χ2v) is 13.5. The Balaban J connectivity index is 0.992. The lowest BCUT2D eigenvalue weighted by atomic mass is 9.70. The van der Waals surface area contributed by atoms with Gasteiger partial charge < -0.3 is 18.9 Å². The van der Waals surface area contributed by atoms with E-state index in [1.807, 2.05) is 23.1 Å². The Hall–Kier alpha value is -3.75. The second-order valence-electron chi connectivity index (χ2n) is 13.1. The minimum atomic E-state index is 0.0479. The number of hydrogen-bond acceptors (Lipinski definition) is 5. The lowest BCUT2D eigenvalue weighted by molar-refractivity contribution is 0.0608. The third kappa shape index (κ3) is 4.70. The first-order valence-electron chi connectivity index (χ1n) is 16.2. The van der Waals surface area contributed by atoms with Crippen LogP contribution in [-0.2, 0) is 5.41 Å². The predicted molar refractivity (Wildman–Crippen MR) is 176 cm³/mol. The average Bonchev–Trinajstić information content (AvgIpc) is 3.68. The number of amides is 1. The topological polar surface area (TPSA) is 70.3 Å². The quantitative estimate of drug-likeness (QED) is 0.202. The number of rotatable bonds is 6. The van der Waals surface area contributed by atoms with Crippen molar-refractivity contribution in [3.63, 3.8) is 0 Å². The van der Waals surface area contributed by atoms with Crippen molar-refractivity contribution in [2.24, 2.45) is 0 Å². The van der Waals surface area contributed by atoms with Gasteiger partial charge in [-0.2, -0.15) is 0 Å². The van der Waals surface area contributed by atoms with Crippen LogP contribution in [0.4, 0.5) is 0 Å². The van der Waals surface area contributed by atoms with Gasteiger partial charge in [-0.25, -0.2) is 4.98 Å². The molecule has 8 rings (SSSR count). The average molecular weight is 606 g/mol. The second kappa shape index (κ2) is 11.0. The molecule has 226 valence electrons. The van der Waals surface area contributed by atoms with Gasteiger partial charge >= 0.3 is 0 Å². The van der Waals surface area contributed by atoms with E-state index in [1.54, 1.807) is 0 Å². The molecule has 3 aliphatic rings. The standard InChI is InChI=1S/C36H39N5O2S/c1-24-37-30-11-5-6-12-31(30)41(24)28-22-26-14-15-27(23-28)40(26)21-18-36(25-8-3-2-4-9-25)16-19-39(20-17-36)34(42)29-10-7-13-32-33(29)38-35(44)43-32/h2-13,26-28H,14-23H2,1H3,(H,38,44)/t26-,27+,28?. The number of carbonyl (C=O) groups is 1. The molecule has 1 unspecified atom stereocenters. The molecule has 3 aliphatic heterocycles. The van der Waals surface area contributed by atoms with Gasteiger partial charge in [0.15, 0.2) is 5.58 Å². The van der Waals surface area contributed by atoms with E-state index in [1.165, 1.54) is 36.8 Å². The number of imidazole rings is 1. The summed E-state index contributed by atoms with van der Waals surface area (Å²) in [5.41, 5.74) is 5.82. The number of nitrogens with zero attached hydrogens (tertiary/aromatic N) is 4. The van der Waals surface area contributed by atoms with Crippen molar-refractivity contribution in [3.8, 4) is 0 Å². The molecule has 3 atom stereocenters. The summed E-state index contributed by atoms with van der Waals surface area (Å²) in [7, 11) is 0. The Morgan fingerprint density at radius 1 is 0.955 bits per heavy atom. The lowest BCUT2D eigenvalue weighted by Gasteiger charge is -2.45. The van der Waals surface area contributed by atoms with Crippen LogP contribution in [0.15, 0.2) is 77.2 Å². The van der Waals surface area contributed by atoms with Crippen LogP contribution in [0.3, 0.4) is 0 Å². The fraction of sp³-hybridized carbons (Fsp3) is 0.417. The van der Waals surface area contributed by atoms with E-state index in [2.05, 4.69) is 76.0 Å². The van der Waals surface area contributed by atoms with Crippen LogP contribution in [0.5, 0.6) is 0 Å². The zero-order chi connectivity index (χ0) is 29.8. The first-order chi connectivity index (χ1) is 21.5. The largest absolute Gasteiger partial charge is 0.429 e. The van der Waals surface area contributed by atoms with Gasteiger partial charge in [0, 0.05) is 31.2 Å². The van der Waals surface area contributed by atoms with Crippen LogP contribution < -0.4 is 0 Å². The highest BCUT2D eigenvalue weighted by atomic mass is 32.1. The maximum atomic E-state index is 13.7. The minimum Gasteiger partial charge on any atom is -0.429 e. The smallest absolute Gasteiger partial charge is 0.266 e. The number of oxazole rings is 1. The maximum Gasteiger partial charge on any atom is 0.266 e. The fourth-order valence-electron chi connectivity index (χ4n) is 8.72. The molecule has 1 amide bonds. The third-order valence-corrected chi connectivity index (χ3v) is 11.1. The molecule has 2 aromatic heterocycles. The molecule has 0 radical (unpaired) electrons. The number of aromatic amines is 1. The molecule has 1 N–H and O–H groups in total. The number of fused-ring (bicyclic) bond motifs is 4. The molecule has 0 aliphatic carbocycles. The van der Waals surface area contributed by atoms with Gasteiger partial charge in [-0.15, -0.1) is 0 Å². The van der Waals surface area contributed by atoms with Crippen molar-refractivity contribution in [3.05, 3.63) is 94.6 Å². The summed E-state index contributed by atoms with van der Waals surface area (Å²) in [4.78, 5) is 26.8. The maximum absolute atomic E-state index is 13.7. The summed E-state index contributed by atoms with van der Waals surface area (Å²) in [6.07, 6.45) is 8.01. The SMILES string of the molecule is Cc1nc2ccccc2n1C1C[C@H]2CC[C@@H](C1)N2CCC1(c2ccccc2)CCN(C(=O)c2cccc3oc(=S)[nH]c23)CC1. The molecule has 3 saturated heterocycles. The van der Waals surface area contributed by atoms with Gasteiger partial charge in [-0.1, -0.05) is 48.5 Å². The molecule has 5 aromatic rings. The number of hydrogen-bond donors (Lipinski definition) is 1. The lowest BCUT2D eigenvalue weighted by Crippen LogP contribution is -2.49. The van der Waals surface area contributed by atoms with Crippen LogP contribution in [0.25, 0.3) is 22.1 Å². The van der Waals surface area contributed by atoms with Gasteiger partial charge in [0.25, 0.3) is 10.7 Å². The van der Waals surface area contributed by atoms with E-state index in [0.717, 1.165) is 50.2 Å². The molecule has 8 heteroatoms.